The van der Waals surface area contributed by atoms with Crippen LogP contribution in [-0.2, 0) is 17.6 Å². The zero-order valence-corrected chi connectivity index (χ0v) is 16.2. The van der Waals surface area contributed by atoms with Crippen molar-refractivity contribution in [1.29, 1.82) is 0 Å². The van der Waals surface area contributed by atoms with Crippen molar-refractivity contribution < 1.29 is 4.79 Å². The summed E-state index contributed by atoms with van der Waals surface area (Å²) in [5.41, 5.74) is 4.26. The smallest absolute Gasteiger partial charge is 0.271 e. The summed E-state index contributed by atoms with van der Waals surface area (Å²) in [7, 11) is 0. The van der Waals surface area contributed by atoms with Crippen LogP contribution in [-0.4, -0.2) is 25.3 Å². The zero-order valence-electron chi connectivity index (χ0n) is 14.7. The molecule has 7 nitrogen and oxygen atoms in total. The van der Waals surface area contributed by atoms with Gasteiger partial charge in [-0.05, 0) is 45.6 Å². The molecule has 0 saturated carbocycles. The van der Waals surface area contributed by atoms with Crippen LogP contribution in [0.3, 0.4) is 0 Å². The largest absolute Gasteiger partial charge is 0.281 e. The lowest BCUT2D eigenvalue weighted by Crippen LogP contribution is -2.38. The molecule has 0 aliphatic heterocycles. The molecule has 136 valence electrons. The zero-order chi connectivity index (χ0) is 18.6. The van der Waals surface area contributed by atoms with Gasteiger partial charge < -0.3 is 0 Å². The van der Waals surface area contributed by atoms with Gasteiger partial charge in [0, 0.05) is 4.88 Å². The van der Waals surface area contributed by atoms with Crippen molar-refractivity contribution in [2.24, 2.45) is 0 Å². The monoisotopic (exact) mass is 391 g/mol. The van der Waals surface area contributed by atoms with Crippen LogP contribution in [0, 0.1) is 13.8 Å². The minimum atomic E-state index is -0.613. The molecule has 0 bridgehead atoms. The van der Waals surface area contributed by atoms with Crippen LogP contribution < -0.4 is 11.0 Å². The van der Waals surface area contributed by atoms with Crippen molar-refractivity contribution in [2.75, 3.05) is 5.43 Å². The van der Waals surface area contributed by atoms with Crippen molar-refractivity contribution in [1.82, 2.24) is 19.4 Å². The van der Waals surface area contributed by atoms with Gasteiger partial charge >= 0.3 is 0 Å². The maximum absolute atomic E-state index is 13.0. The number of hydrogen-bond donors (Lipinski definition) is 1. The van der Waals surface area contributed by atoms with E-state index >= 15 is 0 Å². The molecule has 1 aliphatic rings. The standard InChI is InChI=1S/C17H18ClN5O2S/c1-8-12(18)7-19-22(8)9(2)15(24)21-23-10(3)20-16-14(17(23)25)11-5-4-6-13(11)26-16/h7,9H,4-6H2,1-3H3,(H,21,24). The van der Waals surface area contributed by atoms with Gasteiger partial charge in [-0.2, -0.15) is 5.10 Å². The molecule has 3 aromatic rings. The highest BCUT2D eigenvalue weighted by atomic mass is 35.5. The fraction of sp³-hybridized carbons (Fsp3) is 0.412. The predicted molar refractivity (Wildman–Crippen MR) is 102 cm³/mol. The summed E-state index contributed by atoms with van der Waals surface area (Å²) in [6.45, 7) is 5.21. The number of nitrogens with one attached hydrogen (secondary N) is 1. The molecule has 3 heterocycles. The minimum absolute atomic E-state index is 0.220. The van der Waals surface area contributed by atoms with Gasteiger partial charge in [0.1, 0.15) is 16.7 Å². The highest BCUT2D eigenvalue weighted by Gasteiger charge is 2.24. The lowest BCUT2D eigenvalue weighted by molar-refractivity contribution is -0.120. The number of nitrogens with zero attached hydrogens (tertiary/aromatic N) is 4. The van der Waals surface area contributed by atoms with Crippen LogP contribution in [0.15, 0.2) is 11.0 Å². The molecule has 1 aliphatic carbocycles. The number of aromatic nitrogens is 4. The Balaban J connectivity index is 1.72. The molecule has 0 aromatic carbocycles. The van der Waals surface area contributed by atoms with Crippen LogP contribution in [0.25, 0.3) is 10.2 Å². The molecular formula is C17H18ClN5O2S. The molecule has 1 unspecified atom stereocenters. The van der Waals surface area contributed by atoms with E-state index in [-0.39, 0.29) is 11.5 Å². The summed E-state index contributed by atoms with van der Waals surface area (Å²) in [5, 5.41) is 5.27. The first-order chi connectivity index (χ1) is 12.4. The Bertz CT molecular complexity index is 1100. The van der Waals surface area contributed by atoms with Crippen LogP contribution in [0.1, 0.15) is 41.3 Å². The summed E-state index contributed by atoms with van der Waals surface area (Å²) in [6.07, 6.45) is 4.45. The van der Waals surface area contributed by atoms with Crippen LogP contribution in [0.5, 0.6) is 0 Å². The summed E-state index contributed by atoms with van der Waals surface area (Å²) in [6, 6.07) is -0.613. The van der Waals surface area contributed by atoms with Crippen molar-refractivity contribution >= 4 is 39.1 Å². The number of fused-ring (bicyclic) bond motifs is 3. The number of rotatable bonds is 3. The molecule has 26 heavy (non-hydrogen) atoms. The maximum Gasteiger partial charge on any atom is 0.281 e. The molecule has 0 radical (unpaired) electrons. The predicted octanol–water partition coefficient (Wildman–Crippen LogP) is 2.74. The van der Waals surface area contributed by atoms with E-state index < -0.39 is 6.04 Å². The number of carbonyl (C=O) groups is 1. The summed E-state index contributed by atoms with van der Waals surface area (Å²) in [4.78, 5) is 32.2. The Morgan fingerprint density at radius 1 is 1.38 bits per heavy atom. The minimum Gasteiger partial charge on any atom is -0.271 e. The third-order valence-electron chi connectivity index (χ3n) is 4.86. The summed E-state index contributed by atoms with van der Waals surface area (Å²) >= 11 is 7.60. The Labute approximate surface area is 158 Å². The number of hydrogen-bond acceptors (Lipinski definition) is 5. The lowest BCUT2D eigenvalue weighted by Gasteiger charge is -2.17. The van der Waals surface area contributed by atoms with Gasteiger partial charge in [-0.25, -0.2) is 9.66 Å². The van der Waals surface area contributed by atoms with Gasteiger partial charge in [-0.3, -0.25) is 19.7 Å². The second-order valence-corrected chi connectivity index (χ2v) is 8.00. The number of aryl methyl sites for hydroxylation is 3. The third kappa shape index (κ3) is 2.55. The molecule has 3 aromatic heterocycles. The lowest BCUT2D eigenvalue weighted by atomic mass is 10.2. The highest BCUT2D eigenvalue weighted by Crippen LogP contribution is 2.34. The molecule has 4 rings (SSSR count). The third-order valence-corrected chi connectivity index (χ3v) is 6.42. The first-order valence-electron chi connectivity index (χ1n) is 8.43. The van der Waals surface area contributed by atoms with Gasteiger partial charge in [0.05, 0.1) is 22.3 Å². The Hall–Kier alpha value is -2.19. The average molecular weight is 392 g/mol. The highest BCUT2D eigenvalue weighted by molar-refractivity contribution is 7.18. The molecule has 1 N–H and O–H groups in total. The second kappa shape index (κ2) is 6.21. The SMILES string of the molecule is Cc1c(Cl)cnn1C(C)C(=O)Nn1c(C)nc2sc3c(c2c1=O)CCC3. The molecule has 1 amide bonds. The van der Waals surface area contributed by atoms with Gasteiger partial charge in [0.25, 0.3) is 11.5 Å². The van der Waals surface area contributed by atoms with Crippen LogP contribution >= 0.6 is 22.9 Å². The van der Waals surface area contributed by atoms with E-state index in [1.54, 1.807) is 32.1 Å². The summed E-state index contributed by atoms with van der Waals surface area (Å²) in [5.74, 6) is 0.101. The van der Waals surface area contributed by atoms with E-state index in [2.05, 4.69) is 15.5 Å². The van der Waals surface area contributed by atoms with E-state index in [0.717, 1.165) is 29.7 Å². The van der Waals surface area contributed by atoms with Crippen LogP contribution in [0.2, 0.25) is 5.02 Å². The van der Waals surface area contributed by atoms with Crippen molar-refractivity contribution in [3.63, 3.8) is 0 Å². The Kier molecular flexibility index (Phi) is 4.11. The molecule has 9 heteroatoms. The number of halogens is 1. The van der Waals surface area contributed by atoms with Crippen LogP contribution in [0.4, 0.5) is 0 Å². The normalized spacial score (nSPS) is 14.6. The first kappa shape index (κ1) is 17.2. The van der Waals surface area contributed by atoms with E-state index in [1.165, 1.54) is 20.4 Å². The fourth-order valence-corrected chi connectivity index (χ4v) is 4.81. The fourth-order valence-electron chi connectivity index (χ4n) is 3.38. The first-order valence-corrected chi connectivity index (χ1v) is 9.62. The average Bonchev–Trinajstić information content (AvgIpc) is 3.26. The topological polar surface area (TPSA) is 81.8 Å². The quantitative estimate of drug-likeness (QED) is 0.744. The van der Waals surface area contributed by atoms with Gasteiger partial charge in [0.15, 0.2) is 0 Å². The molecule has 0 saturated heterocycles. The summed E-state index contributed by atoms with van der Waals surface area (Å²) < 4.78 is 2.78. The van der Waals surface area contributed by atoms with E-state index in [9.17, 15) is 9.59 Å². The molecule has 1 atom stereocenters. The van der Waals surface area contributed by atoms with Gasteiger partial charge in [-0.1, -0.05) is 11.6 Å². The van der Waals surface area contributed by atoms with Gasteiger partial charge in [-0.15, -0.1) is 11.3 Å². The van der Waals surface area contributed by atoms with Crippen molar-refractivity contribution in [3.8, 4) is 0 Å². The molecular weight excluding hydrogens is 374 g/mol. The van der Waals surface area contributed by atoms with E-state index in [0.29, 0.717) is 21.9 Å². The van der Waals surface area contributed by atoms with E-state index in [1.807, 2.05) is 0 Å². The Morgan fingerprint density at radius 2 is 2.15 bits per heavy atom. The number of thiophene rings is 1. The van der Waals surface area contributed by atoms with E-state index in [4.69, 9.17) is 11.6 Å². The molecule has 0 fully saturated rings. The van der Waals surface area contributed by atoms with Crippen molar-refractivity contribution in [3.05, 3.63) is 43.5 Å². The number of carbonyl (C=O) groups excluding carboxylic acids is 1. The second-order valence-electron chi connectivity index (χ2n) is 6.51. The maximum atomic E-state index is 13.0. The molecule has 0 spiro atoms. The number of amides is 1. The Morgan fingerprint density at radius 3 is 2.85 bits per heavy atom. The van der Waals surface area contributed by atoms with Gasteiger partial charge in [0.2, 0.25) is 0 Å². The van der Waals surface area contributed by atoms with Crippen molar-refractivity contribution in [2.45, 2.75) is 46.1 Å².